The molecule has 122 valence electrons. The number of carbonyl (C=O) groups excluding carboxylic acids is 2. The summed E-state index contributed by atoms with van der Waals surface area (Å²) in [6, 6.07) is 11.7. The minimum atomic E-state index is -1.33. The van der Waals surface area contributed by atoms with Crippen LogP contribution in [0, 0.1) is 0 Å². The van der Waals surface area contributed by atoms with Crippen molar-refractivity contribution in [3.8, 4) is 17.2 Å². The predicted molar refractivity (Wildman–Crippen MR) is 82.9 cm³/mol. The number of aliphatic carboxylic acids is 1. The van der Waals surface area contributed by atoms with Gasteiger partial charge in [-0.1, -0.05) is 12.1 Å². The van der Waals surface area contributed by atoms with Crippen LogP contribution in [0.1, 0.15) is 15.9 Å². The Morgan fingerprint density at radius 1 is 1.17 bits per heavy atom. The maximum atomic E-state index is 12.3. The standard InChI is InChI=1S/C18H14O6/c1-22-12-4-2-11(3-5-12)8-16-18(21)14-7-6-13(9-15(14)24-16)23-10-17(19)20/h2-9H,10H2,1H3,(H,19,20)/p-1/b16-8+. The van der Waals surface area contributed by atoms with Gasteiger partial charge in [0.1, 0.15) is 23.9 Å². The molecule has 0 amide bonds. The van der Waals surface area contributed by atoms with Crippen molar-refractivity contribution in [1.29, 1.82) is 0 Å². The van der Waals surface area contributed by atoms with E-state index in [2.05, 4.69) is 0 Å². The van der Waals surface area contributed by atoms with Crippen molar-refractivity contribution in [2.75, 3.05) is 13.7 Å². The summed E-state index contributed by atoms with van der Waals surface area (Å²) >= 11 is 0. The van der Waals surface area contributed by atoms with Crippen LogP contribution < -0.4 is 19.3 Å². The normalized spacial score (nSPS) is 14.2. The number of ether oxygens (including phenoxy) is 3. The first-order valence-corrected chi connectivity index (χ1v) is 7.12. The average Bonchev–Trinajstić information content (AvgIpc) is 2.89. The first-order valence-electron chi connectivity index (χ1n) is 7.12. The van der Waals surface area contributed by atoms with E-state index in [1.807, 2.05) is 0 Å². The van der Waals surface area contributed by atoms with Gasteiger partial charge in [-0.15, -0.1) is 0 Å². The number of allylic oxidation sites excluding steroid dienone is 1. The molecule has 24 heavy (non-hydrogen) atoms. The molecule has 2 aromatic rings. The molecule has 1 aliphatic rings. The molecule has 0 spiro atoms. The lowest BCUT2D eigenvalue weighted by Gasteiger charge is -2.07. The van der Waals surface area contributed by atoms with E-state index in [0.717, 1.165) is 5.56 Å². The number of carbonyl (C=O) groups is 2. The molecular weight excluding hydrogens is 312 g/mol. The summed E-state index contributed by atoms with van der Waals surface area (Å²) in [7, 11) is 1.58. The van der Waals surface area contributed by atoms with Crippen LogP contribution in [-0.4, -0.2) is 25.5 Å². The van der Waals surface area contributed by atoms with Crippen LogP contribution in [0.15, 0.2) is 48.2 Å². The maximum absolute atomic E-state index is 12.3. The fraction of sp³-hybridized carbons (Fsp3) is 0.111. The quantitative estimate of drug-likeness (QED) is 0.773. The number of methoxy groups -OCH3 is 1. The van der Waals surface area contributed by atoms with Gasteiger partial charge in [-0.2, -0.15) is 0 Å². The smallest absolute Gasteiger partial charge is 0.231 e. The average molecular weight is 325 g/mol. The van der Waals surface area contributed by atoms with Gasteiger partial charge in [-0.05, 0) is 35.9 Å². The topological polar surface area (TPSA) is 84.9 Å². The van der Waals surface area contributed by atoms with Crippen molar-refractivity contribution < 1.29 is 28.9 Å². The van der Waals surface area contributed by atoms with Crippen molar-refractivity contribution in [1.82, 2.24) is 0 Å². The van der Waals surface area contributed by atoms with Gasteiger partial charge in [-0.3, -0.25) is 4.79 Å². The highest BCUT2D eigenvalue weighted by atomic mass is 16.5. The Balaban J connectivity index is 1.81. The Kier molecular flexibility index (Phi) is 4.20. The lowest BCUT2D eigenvalue weighted by atomic mass is 10.1. The lowest BCUT2D eigenvalue weighted by molar-refractivity contribution is -0.307. The van der Waals surface area contributed by atoms with Crippen molar-refractivity contribution in [2.45, 2.75) is 0 Å². The Morgan fingerprint density at radius 3 is 2.54 bits per heavy atom. The molecule has 6 nitrogen and oxygen atoms in total. The third-order valence-corrected chi connectivity index (χ3v) is 3.41. The number of fused-ring (bicyclic) bond motifs is 1. The van der Waals surface area contributed by atoms with Crippen molar-refractivity contribution in [2.24, 2.45) is 0 Å². The van der Waals surface area contributed by atoms with Crippen LogP contribution in [0.3, 0.4) is 0 Å². The van der Waals surface area contributed by atoms with Gasteiger partial charge in [0.25, 0.3) is 0 Å². The van der Waals surface area contributed by atoms with Crippen molar-refractivity contribution in [3.05, 3.63) is 59.4 Å². The number of carboxylic acid groups (broad SMARTS) is 1. The first-order chi connectivity index (χ1) is 11.6. The van der Waals surface area contributed by atoms with Crippen LogP contribution in [0.25, 0.3) is 6.08 Å². The zero-order chi connectivity index (χ0) is 17.1. The minimum absolute atomic E-state index is 0.187. The molecule has 0 radical (unpaired) electrons. The highest BCUT2D eigenvalue weighted by Crippen LogP contribution is 2.34. The molecule has 0 atom stereocenters. The number of hydrogen-bond acceptors (Lipinski definition) is 6. The van der Waals surface area contributed by atoms with E-state index in [4.69, 9.17) is 14.2 Å². The van der Waals surface area contributed by atoms with Crippen LogP contribution in [0.4, 0.5) is 0 Å². The first kappa shape index (κ1) is 15.6. The SMILES string of the molecule is COc1ccc(/C=C2/Oc3cc(OCC(=O)[O-])ccc3C2=O)cc1. The van der Waals surface area contributed by atoms with Gasteiger partial charge in [0.2, 0.25) is 5.78 Å². The van der Waals surface area contributed by atoms with Crippen LogP contribution in [0.2, 0.25) is 0 Å². The number of ketones is 1. The molecule has 1 aliphatic heterocycles. The fourth-order valence-corrected chi connectivity index (χ4v) is 2.25. The van der Waals surface area contributed by atoms with Crippen LogP contribution >= 0.6 is 0 Å². The second-order valence-corrected chi connectivity index (χ2v) is 5.03. The number of rotatable bonds is 5. The molecule has 6 heteroatoms. The molecule has 1 heterocycles. The van der Waals surface area contributed by atoms with E-state index < -0.39 is 12.6 Å². The predicted octanol–water partition coefficient (Wildman–Crippen LogP) is 1.44. The molecule has 0 unspecified atom stereocenters. The fourth-order valence-electron chi connectivity index (χ4n) is 2.25. The molecule has 0 aromatic heterocycles. The third-order valence-electron chi connectivity index (χ3n) is 3.41. The molecule has 3 rings (SSSR count). The van der Waals surface area contributed by atoms with Gasteiger partial charge < -0.3 is 24.1 Å². The van der Waals surface area contributed by atoms with E-state index in [1.54, 1.807) is 37.5 Å². The number of carboxylic acids is 1. The van der Waals surface area contributed by atoms with Gasteiger partial charge >= 0.3 is 0 Å². The highest BCUT2D eigenvalue weighted by molar-refractivity contribution is 6.14. The van der Waals surface area contributed by atoms with Gasteiger partial charge in [0.15, 0.2) is 5.76 Å². The highest BCUT2D eigenvalue weighted by Gasteiger charge is 2.27. The molecule has 0 saturated heterocycles. The summed E-state index contributed by atoms with van der Waals surface area (Å²) in [6.07, 6.45) is 1.63. The van der Waals surface area contributed by atoms with E-state index in [9.17, 15) is 14.7 Å². The Hall–Kier alpha value is -3.28. The van der Waals surface area contributed by atoms with Gasteiger partial charge in [0.05, 0.1) is 18.6 Å². The van der Waals surface area contributed by atoms with E-state index in [0.29, 0.717) is 17.1 Å². The molecular formula is C18H13O6-. The Morgan fingerprint density at radius 2 is 1.88 bits per heavy atom. The van der Waals surface area contributed by atoms with E-state index >= 15 is 0 Å². The summed E-state index contributed by atoms with van der Waals surface area (Å²) in [4.78, 5) is 22.8. The second kappa shape index (κ2) is 6.45. The summed E-state index contributed by atoms with van der Waals surface area (Å²) in [6.45, 7) is -0.568. The van der Waals surface area contributed by atoms with Crippen molar-refractivity contribution >= 4 is 17.8 Å². The maximum Gasteiger partial charge on any atom is 0.231 e. The van der Waals surface area contributed by atoms with E-state index in [-0.39, 0.29) is 17.3 Å². The summed E-state index contributed by atoms with van der Waals surface area (Å²) in [5, 5.41) is 10.4. The number of Topliss-reactive ketones (excluding diaryl/α,β-unsaturated/α-hetero) is 1. The lowest BCUT2D eigenvalue weighted by Crippen LogP contribution is -2.28. The molecule has 0 N–H and O–H groups in total. The molecule has 2 aromatic carbocycles. The third kappa shape index (κ3) is 3.22. The summed E-state index contributed by atoms with van der Waals surface area (Å²) < 4.78 is 15.7. The zero-order valence-electron chi connectivity index (χ0n) is 12.8. The van der Waals surface area contributed by atoms with Gasteiger partial charge in [0, 0.05) is 6.07 Å². The molecule has 0 bridgehead atoms. The summed E-state index contributed by atoms with van der Waals surface area (Å²) in [5.74, 6) is -0.0482. The van der Waals surface area contributed by atoms with E-state index in [1.165, 1.54) is 18.2 Å². The van der Waals surface area contributed by atoms with Crippen LogP contribution in [-0.2, 0) is 4.79 Å². The van der Waals surface area contributed by atoms with Gasteiger partial charge in [-0.25, -0.2) is 0 Å². The Labute approximate surface area is 137 Å². The number of benzene rings is 2. The molecule has 0 fully saturated rings. The Bertz CT molecular complexity index is 820. The largest absolute Gasteiger partial charge is 0.546 e. The monoisotopic (exact) mass is 325 g/mol. The molecule has 0 saturated carbocycles. The van der Waals surface area contributed by atoms with Crippen molar-refractivity contribution in [3.63, 3.8) is 0 Å². The number of hydrogen-bond donors (Lipinski definition) is 0. The van der Waals surface area contributed by atoms with Crippen LogP contribution in [0.5, 0.6) is 17.2 Å². The molecule has 0 aliphatic carbocycles. The summed E-state index contributed by atoms with van der Waals surface area (Å²) in [5.41, 5.74) is 1.19. The minimum Gasteiger partial charge on any atom is -0.546 e. The second-order valence-electron chi connectivity index (χ2n) is 5.03. The zero-order valence-corrected chi connectivity index (χ0v) is 12.8.